The van der Waals surface area contributed by atoms with Gasteiger partial charge >= 0.3 is 0 Å². The van der Waals surface area contributed by atoms with E-state index in [0.29, 0.717) is 0 Å². The SMILES string of the molecule is [c]1ccc2sc3ccc4ccccc4c3c2c1. The molecule has 0 aliphatic heterocycles. The summed E-state index contributed by atoms with van der Waals surface area (Å²) in [4.78, 5) is 0. The molecule has 1 radical (unpaired) electrons. The zero-order chi connectivity index (χ0) is 11.2. The maximum atomic E-state index is 3.18. The molecule has 1 aromatic heterocycles. The molecule has 0 amide bonds. The molecule has 4 rings (SSSR count). The third-order valence-electron chi connectivity index (χ3n) is 3.20. The van der Waals surface area contributed by atoms with Gasteiger partial charge in [0.05, 0.1) is 0 Å². The van der Waals surface area contributed by atoms with Crippen molar-refractivity contribution in [1.82, 2.24) is 0 Å². The summed E-state index contributed by atoms with van der Waals surface area (Å²) < 4.78 is 2.70. The highest BCUT2D eigenvalue weighted by molar-refractivity contribution is 7.26. The Labute approximate surface area is 103 Å². The van der Waals surface area contributed by atoms with Gasteiger partial charge in [-0.2, -0.15) is 0 Å². The molecule has 0 saturated carbocycles. The van der Waals surface area contributed by atoms with Crippen molar-refractivity contribution >= 4 is 42.3 Å². The molecule has 17 heavy (non-hydrogen) atoms. The molecule has 0 saturated heterocycles. The van der Waals surface area contributed by atoms with Crippen LogP contribution in [-0.2, 0) is 0 Å². The van der Waals surface area contributed by atoms with Crippen molar-refractivity contribution in [2.24, 2.45) is 0 Å². The van der Waals surface area contributed by atoms with E-state index in [2.05, 4.69) is 54.6 Å². The van der Waals surface area contributed by atoms with Crippen molar-refractivity contribution < 1.29 is 0 Å². The van der Waals surface area contributed by atoms with Gasteiger partial charge in [0.15, 0.2) is 0 Å². The van der Waals surface area contributed by atoms with Crippen molar-refractivity contribution in [2.45, 2.75) is 0 Å². The van der Waals surface area contributed by atoms with E-state index >= 15 is 0 Å². The molecule has 0 unspecified atom stereocenters. The third kappa shape index (κ3) is 1.23. The summed E-state index contributed by atoms with van der Waals surface area (Å²) in [7, 11) is 0. The Balaban J connectivity index is 2.38. The summed E-state index contributed by atoms with van der Waals surface area (Å²) in [5, 5.41) is 5.35. The molecular formula is C16H9S. The molecule has 1 heterocycles. The first kappa shape index (κ1) is 9.20. The van der Waals surface area contributed by atoms with Gasteiger partial charge in [0.2, 0.25) is 0 Å². The Bertz CT molecular complexity index is 834. The van der Waals surface area contributed by atoms with Crippen LogP contribution in [-0.4, -0.2) is 0 Å². The second kappa shape index (κ2) is 3.31. The first-order chi connectivity index (χ1) is 8.43. The molecule has 0 nitrogen and oxygen atoms in total. The van der Waals surface area contributed by atoms with Gasteiger partial charge in [0.25, 0.3) is 0 Å². The third-order valence-corrected chi connectivity index (χ3v) is 4.34. The van der Waals surface area contributed by atoms with Gasteiger partial charge in [-0.1, -0.05) is 36.4 Å². The first-order valence-corrected chi connectivity index (χ1v) is 6.45. The molecule has 0 N–H and O–H groups in total. The average molecular weight is 233 g/mol. The van der Waals surface area contributed by atoms with Gasteiger partial charge < -0.3 is 0 Å². The van der Waals surface area contributed by atoms with Crippen LogP contribution in [0.3, 0.4) is 0 Å². The minimum Gasteiger partial charge on any atom is -0.135 e. The van der Waals surface area contributed by atoms with Gasteiger partial charge in [-0.3, -0.25) is 0 Å². The van der Waals surface area contributed by atoms with Gasteiger partial charge in [0.1, 0.15) is 0 Å². The van der Waals surface area contributed by atoms with Crippen molar-refractivity contribution in [1.29, 1.82) is 0 Å². The van der Waals surface area contributed by atoms with Crippen molar-refractivity contribution in [3.8, 4) is 0 Å². The van der Waals surface area contributed by atoms with E-state index in [1.807, 2.05) is 17.4 Å². The standard InChI is InChI=1S/C16H9S/c1-2-6-12-11(5-1)9-10-15-16(12)13-7-3-4-8-14(13)17-15/h1-2,4-10H. The fraction of sp³-hybridized carbons (Fsp3) is 0. The maximum absolute atomic E-state index is 3.18. The first-order valence-electron chi connectivity index (χ1n) is 5.63. The number of benzene rings is 3. The highest BCUT2D eigenvalue weighted by Gasteiger charge is 2.07. The Hall–Kier alpha value is -1.86. The molecule has 0 aliphatic rings. The van der Waals surface area contributed by atoms with Crippen LogP contribution in [0.4, 0.5) is 0 Å². The molecule has 3 aromatic carbocycles. The highest BCUT2D eigenvalue weighted by atomic mass is 32.1. The van der Waals surface area contributed by atoms with Crippen molar-refractivity contribution in [2.75, 3.05) is 0 Å². The molecule has 0 bridgehead atoms. The van der Waals surface area contributed by atoms with E-state index in [-0.39, 0.29) is 0 Å². The van der Waals surface area contributed by atoms with E-state index in [9.17, 15) is 0 Å². The van der Waals surface area contributed by atoms with Crippen LogP contribution >= 0.6 is 11.3 Å². The van der Waals surface area contributed by atoms with Crippen LogP contribution in [0.25, 0.3) is 30.9 Å². The minimum absolute atomic E-state index is 1.31. The van der Waals surface area contributed by atoms with Crippen molar-refractivity contribution in [3.05, 3.63) is 60.7 Å². The Morgan fingerprint density at radius 1 is 0.824 bits per heavy atom. The molecule has 0 atom stereocenters. The van der Waals surface area contributed by atoms with Crippen LogP contribution in [0.1, 0.15) is 0 Å². The second-order valence-electron chi connectivity index (χ2n) is 4.18. The summed E-state index contributed by atoms with van der Waals surface area (Å²) in [6, 6.07) is 22.4. The quantitative estimate of drug-likeness (QED) is 0.400. The minimum atomic E-state index is 1.31. The van der Waals surface area contributed by atoms with E-state index in [1.165, 1.54) is 30.9 Å². The summed E-state index contributed by atoms with van der Waals surface area (Å²) in [6.45, 7) is 0. The number of rotatable bonds is 0. The molecule has 1 heteroatoms. The monoisotopic (exact) mass is 233 g/mol. The van der Waals surface area contributed by atoms with Crippen LogP contribution in [0.2, 0.25) is 0 Å². The highest BCUT2D eigenvalue weighted by Crippen LogP contribution is 2.37. The Morgan fingerprint density at radius 2 is 1.76 bits per heavy atom. The topological polar surface area (TPSA) is 0 Å². The fourth-order valence-electron chi connectivity index (χ4n) is 2.43. The summed E-state index contributed by atoms with van der Waals surface area (Å²) in [6.07, 6.45) is 0. The van der Waals surface area contributed by atoms with Crippen LogP contribution in [0.15, 0.2) is 54.6 Å². The molecule has 0 spiro atoms. The summed E-state index contributed by atoms with van der Waals surface area (Å²) in [5.41, 5.74) is 0. The second-order valence-corrected chi connectivity index (χ2v) is 5.27. The van der Waals surface area contributed by atoms with Crippen LogP contribution < -0.4 is 0 Å². The van der Waals surface area contributed by atoms with Gasteiger partial charge in [0, 0.05) is 20.2 Å². The van der Waals surface area contributed by atoms with E-state index in [0.717, 1.165) is 0 Å². The Kier molecular flexibility index (Phi) is 1.79. The Morgan fingerprint density at radius 3 is 2.76 bits per heavy atom. The number of fused-ring (bicyclic) bond motifs is 5. The lowest BCUT2D eigenvalue weighted by atomic mass is 10.0. The summed E-state index contributed by atoms with van der Waals surface area (Å²) >= 11 is 1.86. The molecule has 0 aliphatic carbocycles. The lowest BCUT2D eigenvalue weighted by Gasteiger charge is -1.99. The molecule has 0 fully saturated rings. The van der Waals surface area contributed by atoms with Crippen molar-refractivity contribution in [3.63, 3.8) is 0 Å². The molecule has 79 valence electrons. The van der Waals surface area contributed by atoms with E-state index in [1.54, 1.807) is 0 Å². The smallest absolute Gasteiger partial charge is 0.0361 e. The zero-order valence-corrected chi connectivity index (χ0v) is 9.92. The van der Waals surface area contributed by atoms with E-state index < -0.39 is 0 Å². The molecular weight excluding hydrogens is 224 g/mol. The number of hydrogen-bond donors (Lipinski definition) is 0. The van der Waals surface area contributed by atoms with Crippen LogP contribution in [0.5, 0.6) is 0 Å². The predicted molar refractivity (Wildman–Crippen MR) is 75.7 cm³/mol. The number of thiophene rings is 1. The van der Waals surface area contributed by atoms with Gasteiger partial charge in [-0.15, -0.1) is 11.3 Å². The van der Waals surface area contributed by atoms with Gasteiger partial charge in [-0.25, -0.2) is 0 Å². The maximum Gasteiger partial charge on any atom is 0.0361 e. The lowest BCUT2D eigenvalue weighted by molar-refractivity contribution is 1.81. The number of hydrogen-bond acceptors (Lipinski definition) is 1. The largest absolute Gasteiger partial charge is 0.135 e. The fourth-order valence-corrected chi connectivity index (χ4v) is 3.54. The lowest BCUT2D eigenvalue weighted by Crippen LogP contribution is -1.73. The van der Waals surface area contributed by atoms with Crippen LogP contribution in [0, 0.1) is 6.07 Å². The van der Waals surface area contributed by atoms with E-state index in [4.69, 9.17) is 0 Å². The normalized spacial score (nSPS) is 11.5. The zero-order valence-electron chi connectivity index (χ0n) is 9.10. The molecule has 4 aromatic rings. The average Bonchev–Trinajstić information content (AvgIpc) is 2.77. The summed E-state index contributed by atoms with van der Waals surface area (Å²) in [5.74, 6) is 0. The predicted octanol–water partition coefficient (Wildman–Crippen LogP) is 5.01. The van der Waals surface area contributed by atoms with Gasteiger partial charge in [-0.05, 0) is 35.0 Å².